The summed E-state index contributed by atoms with van der Waals surface area (Å²) in [6.07, 6.45) is 1.89. The van der Waals surface area contributed by atoms with Crippen LogP contribution in [0.1, 0.15) is 42.0 Å². The van der Waals surface area contributed by atoms with Gasteiger partial charge in [0.05, 0.1) is 20.6 Å². The minimum Gasteiger partial charge on any atom is -0.354 e. The Balaban J connectivity index is 1.80. The Kier molecular flexibility index (Phi) is 12.3. The van der Waals surface area contributed by atoms with E-state index in [1.165, 1.54) is 17.0 Å². The number of anilines is 1. The summed E-state index contributed by atoms with van der Waals surface area (Å²) in [5.74, 6) is -0.871. The van der Waals surface area contributed by atoms with Gasteiger partial charge in [-0.25, -0.2) is 8.42 Å². The summed E-state index contributed by atoms with van der Waals surface area (Å²) in [4.78, 5) is 29.9. The lowest BCUT2D eigenvalue weighted by Crippen LogP contribution is -2.53. The molecule has 242 valence electrons. The van der Waals surface area contributed by atoms with E-state index in [1.807, 2.05) is 57.2 Å². The van der Waals surface area contributed by atoms with Crippen molar-refractivity contribution in [1.82, 2.24) is 10.2 Å². The van der Waals surface area contributed by atoms with E-state index < -0.39 is 28.5 Å². The first-order chi connectivity index (χ1) is 22.0. The number of rotatable bonds is 14. The van der Waals surface area contributed by atoms with Gasteiger partial charge in [-0.1, -0.05) is 103 Å². The summed E-state index contributed by atoms with van der Waals surface area (Å²) >= 11 is 12.5. The van der Waals surface area contributed by atoms with Crippen molar-refractivity contribution in [3.63, 3.8) is 0 Å². The van der Waals surface area contributed by atoms with Gasteiger partial charge in [0.25, 0.3) is 10.0 Å². The van der Waals surface area contributed by atoms with Crippen LogP contribution < -0.4 is 9.62 Å². The van der Waals surface area contributed by atoms with E-state index in [-0.39, 0.29) is 23.8 Å². The molecule has 2 amide bonds. The average molecular weight is 681 g/mol. The smallest absolute Gasteiger partial charge is 0.264 e. The lowest BCUT2D eigenvalue weighted by molar-refractivity contribution is -0.140. The highest BCUT2D eigenvalue weighted by molar-refractivity contribution is 7.92. The second-order valence-electron chi connectivity index (χ2n) is 11.3. The van der Waals surface area contributed by atoms with Crippen molar-refractivity contribution in [2.45, 2.75) is 57.5 Å². The number of benzene rings is 4. The molecular weight excluding hydrogens is 641 g/mol. The Morgan fingerprint density at radius 1 is 0.804 bits per heavy atom. The lowest BCUT2D eigenvalue weighted by Gasteiger charge is -2.34. The number of sulfonamides is 1. The highest BCUT2D eigenvalue weighted by Crippen LogP contribution is 2.27. The standard InChI is InChI=1S/C36H39Cl2N3O4S/c1-4-5-20-39-36(43)34(23-28-11-7-6-8-12-28)40(24-29-16-19-32(37)33(38)22-29)35(42)25-41(30-13-9-10-27(3)21-30)46(44,45)31-17-14-26(2)15-18-31/h6-19,21-22,34H,4-5,20,23-25H2,1-3H3,(H,39,43)/t34-/m0/s1. The molecule has 7 nitrogen and oxygen atoms in total. The van der Waals surface area contributed by atoms with E-state index in [4.69, 9.17) is 23.2 Å². The third-order valence-electron chi connectivity index (χ3n) is 7.62. The largest absolute Gasteiger partial charge is 0.354 e. The third kappa shape index (κ3) is 9.12. The second kappa shape index (κ2) is 16.1. The number of nitrogens with one attached hydrogen (secondary N) is 1. The summed E-state index contributed by atoms with van der Waals surface area (Å²) in [6.45, 7) is 5.68. The molecule has 0 aliphatic heterocycles. The van der Waals surface area contributed by atoms with Crippen LogP contribution in [0, 0.1) is 13.8 Å². The summed E-state index contributed by atoms with van der Waals surface area (Å²) in [6, 6.07) is 27.0. The molecule has 0 aliphatic carbocycles. The van der Waals surface area contributed by atoms with Gasteiger partial charge in [0.1, 0.15) is 12.6 Å². The molecule has 0 aliphatic rings. The summed E-state index contributed by atoms with van der Waals surface area (Å²) in [7, 11) is -4.18. The monoisotopic (exact) mass is 679 g/mol. The summed E-state index contributed by atoms with van der Waals surface area (Å²) in [5.41, 5.74) is 3.58. The molecule has 4 rings (SSSR count). The van der Waals surface area contributed by atoms with Crippen molar-refractivity contribution >= 4 is 50.7 Å². The second-order valence-corrected chi connectivity index (χ2v) is 14.0. The fraction of sp³-hybridized carbons (Fsp3) is 0.278. The van der Waals surface area contributed by atoms with Crippen LogP contribution in [0.2, 0.25) is 10.0 Å². The maximum absolute atomic E-state index is 14.5. The van der Waals surface area contributed by atoms with Crippen molar-refractivity contribution in [3.8, 4) is 0 Å². The number of nitrogens with zero attached hydrogens (tertiary/aromatic N) is 2. The number of hydrogen-bond acceptors (Lipinski definition) is 4. The molecule has 0 fully saturated rings. The highest BCUT2D eigenvalue weighted by atomic mass is 35.5. The third-order valence-corrected chi connectivity index (χ3v) is 10.1. The van der Waals surface area contributed by atoms with E-state index in [1.54, 1.807) is 48.5 Å². The average Bonchev–Trinajstić information content (AvgIpc) is 3.03. The number of aryl methyl sites for hydroxylation is 2. The van der Waals surface area contributed by atoms with E-state index >= 15 is 0 Å². The Morgan fingerprint density at radius 2 is 1.52 bits per heavy atom. The van der Waals surface area contributed by atoms with Gasteiger partial charge in [0, 0.05) is 19.5 Å². The maximum Gasteiger partial charge on any atom is 0.264 e. The molecular formula is C36H39Cl2N3O4S. The van der Waals surface area contributed by atoms with Gasteiger partial charge >= 0.3 is 0 Å². The fourth-order valence-electron chi connectivity index (χ4n) is 5.04. The van der Waals surface area contributed by atoms with Crippen molar-refractivity contribution in [1.29, 1.82) is 0 Å². The van der Waals surface area contributed by atoms with E-state index in [0.29, 0.717) is 27.8 Å². The van der Waals surface area contributed by atoms with Crippen LogP contribution in [-0.2, 0) is 32.6 Å². The molecule has 1 N–H and O–H groups in total. The summed E-state index contributed by atoms with van der Waals surface area (Å²) < 4.78 is 29.4. The molecule has 0 heterocycles. The summed E-state index contributed by atoms with van der Waals surface area (Å²) in [5, 5.41) is 3.65. The van der Waals surface area contributed by atoms with Gasteiger partial charge in [-0.15, -0.1) is 0 Å². The lowest BCUT2D eigenvalue weighted by atomic mass is 10.0. The Hall–Kier alpha value is -3.85. The Morgan fingerprint density at radius 3 is 2.17 bits per heavy atom. The number of hydrogen-bond donors (Lipinski definition) is 1. The first kappa shape index (κ1) is 35.0. The molecule has 1 atom stereocenters. The topological polar surface area (TPSA) is 86.8 Å². The number of amides is 2. The molecule has 0 unspecified atom stereocenters. The highest BCUT2D eigenvalue weighted by Gasteiger charge is 2.34. The molecule has 0 aromatic heterocycles. The van der Waals surface area contributed by atoms with Crippen LogP contribution in [0.25, 0.3) is 0 Å². The minimum absolute atomic E-state index is 0.000652. The van der Waals surface area contributed by atoms with E-state index in [9.17, 15) is 18.0 Å². The molecule has 0 saturated carbocycles. The van der Waals surface area contributed by atoms with Crippen LogP contribution in [-0.4, -0.2) is 44.3 Å². The predicted octanol–water partition coefficient (Wildman–Crippen LogP) is 7.36. The minimum atomic E-state index is -4.18. The van der Waals surface area contributed by atoms with Crippen molar-refractivity contribution in [2.75, 3.05) is 17.4 Å². The van der Waals surface area contributed by atoms with Crippen LogP contribution in [0.3, 0.4) is 0 Å². The Bertz CT molecular complexity index is 1750. The molecule has 0 saturated heterocycles. The van der Waals surface area contributed by atoms with Gasteiger partial charge in [0.15, 0.2) is 0 Å². The van der Waals surface area contributed by atoms with Crippen molar-refractivity contribution in [2.24, 2.45) is 0 Å². The first-order valence-electron chi connectivity index (χ1n) is 15.2. The number of carbonyl (C=O) groups excluding carboxylic acids is 2. The molecule has 46 heavy (non-hydrogen) atoms. The predicted molar refractivity (Wildman–Crippen MR) is 186 cm³/mol. The van der Waals surface area contributed by atoms with Gasteiger partial charge in [-0.3, -0.25) is 13.9 Å². The van der Waals surface area contributed by atoms with E-state index in [2.05, 4.69) is 5.32 Å². The zero-order valence-electron chi connectivity index (χ0n) is 26.2. The molecule has 0 bridgehead atoms. The van der Waals surface area contributed by atoms with E-state index in [0.717, 1.165) is 33.8 Å². The molecule has 0 radical (unpaired) electrons. The number of carbonyl (C=O) groups is 2. The molecule has 4 aromatic rings. The maximum atomic E-state index is 14.5. The van der Waals surface area contributed by atoms with Gasteiger partial charge in [-0.2, -0.15) is 0 Å². The SMILES string of the molecule is CCCCNC(=O)[C@H](Cc1ccccc1)N(Cc1ccc(Cl)c(Cl)c1)C(=O)CN(c1cccc(C)c1)S(=O)(=O)c1ccc(C)cc1. The van der Waals surface area contributed by atoms with Gasteiger partial charge in [-0.05, 0) is 73.4 Å². The zero-order valence-corrected chi connectivity index (χ0v) is 28.6. The fourth-order valence-corrected chi connectivity index (χ4v) is 6.77. The van der Waals surface area contributed by atoms with Gasteiger partial charge < -0.3 is 10.2 Å². The number of halogens is 2. The van der Waals surface area contributed by atoms with Crippen molar-refractivity contribution < 1.29 is 18.0 Å². The van der Waals surface area contributed by atoms with Crippen LogP contribution in [0.5, 0.6) is 0 Å². The normalized spacial score (nSPS) is 11.9. The first-order valence-corrected chi connectivity index (χ1v) is 17.4. The van der Waals surface area contributed by atoms with Crippen LogP contribution in [0.15, 0.2) is 102 Å². The van der Waals surface area contributed by atoms with Crippen LogP contribution >= 0.6 is 23.2 Å². The van der Waals surface area contributed by atoms with Crippen molar-refractivity contribution in [3.05, 3.63) is 129 Å². The quantitative estimate of drug-likeness (QED) is 0.141. The van der Waals surface area contributed by atoms with Crippen LogP contribution in [0.4, 0.5) is 5.69 Å². The number of unbranched alkanes of at least 4 members (excludes halogenated alkanes) is 1. The Labute approximate surface area is 282 Å². The molecule has 4 aromatic carbocycles. The zero-order chi connectivity index (χ0) is 33.3. The van der Waals surface area contributed by atoms with Gasteiger partial charge in [0.2, 0.25) is 11.8 Å². The molecule has 0 spiro atoms. The molecule has 10 heteroatoms.